The average Bonchev–Trinajstić information content (AvgIpc) is 2.76. The van der Waals surface area contributed by atoms with Crippen LogP contribution in [0.2, 0.25) is 0 Å². The fourth-order valence-corrected chi connectivity index (χ4v) is 2.67. The summed E-state index contributed by atoms with van der Waals surface area (Å²) in [7, 11) is 0. The van der Waals surface area contributed by atoms with Gasteiger partial charge in [0.1, 0.15) is 5.82 Å². The van der Waals surface area contributed by atoms with Gasteiger partial charge in [0.05, 0.1) is 11.0 Å². The lowest BCUT2D eigenvalue weighted by Gasteiger charge is -2.08. The molecule has 4 heteroatoms. The van der Waals surface area contributed by atoms with Crippen LogP contribution in [0.25, 0.3) is 16.7 Å². The third kappa shape index (κ3) is 2.12. The molecule has 0 saturated heterocycles. The first-order chi connectivity index (χ1) is 9.19. The molecule has 1 heterocycles. The van der Waals surface area contributed by atoms with Crippen LogP contribution in [0.4, 0.5) is 5.69 Å². The normalized spacial score (nSPS) is 11.1. The number of nitrogens with two attached hydrogens (primary N) is 1. The Kier molecular flexibility index (Phi) is 3.03. The largest absolute Gasteiger partial charge is 0.399 e. The number of nitrogen functional groups attached to an aromatic ring is 1. The number of fused-ring (bicyclic) bond motifs is 1. The lowest BCUT2D eigenvalue weighted by Crippen LogP contribution is -1.99. The van der Waals surface area contributed by atoms with Crippen molar-refractivity contribution in [1.29, 1.82) is 0 Å². The molecule has 0 spiro atoms. The fraction of sp³-hybridized carbons (Fsp3) is 0.133. The maximum absolute atomic E-state index is 5.83. The van der Waals surface area contributed by atoms with Crippen LogP contribution in [-0.4, -0.2) is 9.55 Å². The molecule has 0 fully saturated rings. The molecular formula is C15H14BrN3. The zero-order valence-electron chi connectivity index (χ0n) is 10.6. The lowest BCUT2D eigenvalue weighted by molar-refractivity contribution is 0.908. The number of imidazole rings is 1. The molecule has 0 radical (unpaired) electrons. The van der Waals surface area contributed by atoms with Crippen LogP contribution in [0.3, 0.4) is 0 Å². The predicted molar refractivity (Wildman–Crippen MR) is 82.6 cm³/mol. The summed E-state index contributed by atoms with van der Waals surface area (Å²) in [5.41, 5.74) is 9.71. The van der Waals surface area contributed by atoms with Gasteiger partial charge in [-0.1, -0.05) is 28.9 Å². The zero-order chi connectivity index (χ0) is 13.4. The average molecular weight is 316 g/mol. The fourth-order valence-electron chi connectivity index (χ4n) is 2.29. The topological polar surface area (TPSA) is 43.8 Å². The first-order valence-electron chi connectivity index (χ1n) is 6.22. The molecule has 2 N–H and O–H groups in total. The molecule has 96 valence electrons. The maximum Gasteiger partial charge on any atom is 0.114 e. The van der Waals surface area contributed by atoms with Gasteiger partial charge in [-0.15, -0.1) is 0 Å². The minimum atomic E-state index is 0.744. The number of anilines is 1. The summed E-state index contributed by atoms with van der Waals surface area (Å²) in [5.74, 6) is 1.04. The number of benzene rings is 2. The summed E-state index contributed by atoms with van der Waals surface area (Å²) in [5, 5.41) is 0. The molecule has 3 nitrogen and oxygen atoms in total. The predicted octanol–water partition coefficient (Wildman–Crippen LogP) is 3.93. The third-order valence-corrected chi connectivity index (χ3v) is 3.62. The molecule has 0 aliphatic rings. The number of nitrogens with zero attached hydrogens (tertiary/aromatic N) is 2. The Morgan fingerprint density at radius 1 is 1.21 bits per heavy atom. The van der Waals surface area contributed by atoms with Crippen molar-refractivity contribution in [2.24, 2.45) is 0 Å². The molecule has 0 unspecified atom stereocenters. The van der Waals surface area contributed by atoms with E-state index in [-0.39, 0.29) is 0 Å². The van der Waals surface area contributed by atoms with Gasteiger partial charge in [-0.25, -0.2) is 4.98 Å². The quantitative estimate of drug-likeness (QED) is 0.728. The molecule has 1 aromatic heterocycles. The van der Waals surface area contributed by atoms with Crippen molar-refractivity contribution >= 4 is 32.7 Å². The molecule has 0 atom stereocenters. The second-order valence-corrected chi connectivity index (χ2v) is 5.36. The monoisotopic (exact) mass is 315 g/mol. The van der Waals surface area contributed by atoms with Gasteiger partial charge in [-0.05, 0) is 36.4 Å². The van der Waals surface area contributed by atoms with Crippen molar-refractivity contribution in [2.45, 2.75) is 13.3 Å². The van der Waals surface area contributed by atoms with Crippen LogP contribution < -0.4 is 5.73 Å². The summed E-state index contributed by atoms with van der Waals surface area (Å²) < 4.78 is 3.24. The van der Waals surface area contributed by atoms with Gasteiger partial charge in [0.15, 0.2) is 0 Å². The second-order valence-electron chi connectivity index (χ2n) is 4.45. The Bertz CT molecular complexity index is 746. The van der Waals surface area contributed by atoms with Crippen LogP contribution in [0, 0.1) is 0 Å². The molecule has 2 aromatic carbocycles. The Balaban J connectivity index is 2.32. The van der Waals surface area contributed by atoms with E-state index in [1.807, 2.05) is 30.3 Å². The number of aryl methyl sites for hydroxylation is 1. The van der Waals surface area contributed by atoms with Crippen molar-refractivity contribution < 1.29 is 0 Å². The first-order valence-corrected chi connectivity index (χ1v) is 7.01. The molecule has 0 aliphatic carbocycles. The summed E-state index contributed by atoms with van der Waals surface area (Å²) in [6.07, 6.45) is 0.876. The maximum atomic E-state index is 5.83. The smallest absolute Gasteiger partial charge is 0.114 e. The van der Waals surface area contributed by atoms with Crippen LogP contribution in [0.5, 0.6) is 0 Å². The lowest BCUT2D eigenvalue weighted by atomic mass is 10.2. The molecular weight excluding hydrogens is 302 g/mol. The summed E-state index contributed by atoms with van der Waals surface area (Å²) >= 11 is 3.52. The molecule has 0 saturated carbocycles. The van der Waals surface area contributed by atoms with E-state index in [1.165, 1.54) is 0 Å². The van der Waals surface area contributed by atoms with E-state index in [0.717, 1.165) is 39.1 Å². The van der Waals surface area contributed by atoms with Crippen LogP contribution >= 0.6 is 15.9 Å². The van der Waals surface area contributed by atoms with E-state index in [1.54, 1.807) is 0 Å². The van der Waals surface area contributed by atoms with Gasteiger partial charge in [-0.2, -0.15) is 0 Å². The molecule has 19 heavy (non-hydrogen) atoms. The highest BCUT2D eigenvalue weighted by Crippen LogP contribution is 2.25. The SMILES string of the molecule is CCc1nc2cc(N)ccc2n1-c1cccc(Br)c1. The first kappa shape index (κ1) is 12.2. The van der Waals surface area contributed by atoms with Gasteiger partial charge in [0, 0.05) is 22.3 Å². The number of hydrogen-bond acceptors (Lipinski definition) is 2. The Hall–Kier alpha value is -1.81. The molecule has 0 bridgehead atoms. The van der Waals surface area contributed by atoms with Crippen molar-refractivity contribution in [3.05, 3.63) is 52.8 Å². The number of hydrogen-bond donors (Lipinski definition) is 1. The van der Waals surface area contributed by atoms with E-state index in [2.05, 4.69) is 44.5 Å². The van der Waals surface area contributed by atoms with Gasteiger partial charge >= 0.3 is 0 Å². The molecule has 0 amide bonds. The van der Waals surface area contributed by atoms with Crippen molar-refractivity contribution in [3.63, 3.8) is 0 Å². The summed E-state index contributed by atoms with van der Waals surface area (Å²) in [6.45, 7) is 2.11. The minimum Gasteiger partial charge on any atom is -0.399 e. The van der Waals surface area contributed by atoms with Crippen LogP contribution in [0.1, 0.15) is 12.7 Å². The molecule has 3 rings (SSSR count). The minimum absolute atomic E-state index is 0.744. The van der Waals surface area contributed by atoms with E-state index < -0.39 is 0 Å². The van der Waals surface area contributed by atoms with E-state index in [0.29, 0.717) is 0 Å². The zero-order valence-corrected chi connectivity index (χ0v) is 12.2. The third-order valence-electron chi connectivity index (χ3n) is 3.13. The van der Waals surface area contributed by atoms with Crippen molar-refractivity contribution in [3.8, 4) is 5.69 Å². The highest BCUT2D eigenvalue weighted by Gasteiger charge is 2.11. The van der Waals surface area contributed by atoms with Crippen LogP contribution in [-0.2, 0) is 6.42 Å². The van der Waals surface area contributed by atoms with Gasteiger partial charge in [-0.3, -0.25) is 4.57 Å². The summed E-state index contributed by atoms with van der Waals surface area (Å²) in [6, 6.07) is 14.1. The van der Waals surface area contributed by atoms with Crippen molar-refractivity contribution in [1.82, 2.24) is 9.55 Å². The van der Waals surface area contributed by atoms with E-state index in [4.69, 9.17) is 5.73 Å². The number of aromatic nitrogens is 2. The summed E-state index contributed by atoms with van der Waals surface area (Å²) in [4.78, 5) is 4.67. The molecule has 3 aromatic rings. The Morgan fingerprint density at radius 3 is 2.79 bits per heavy atom. The highest BCUT2D eigenvalue weighted by molar-refractivity contribution is 9.10. The second kappa shape index (κ2) is 4.70. The number of halogens is 1. The standard InChI is InChI=1S/C15H14BrN3/c1-2-15-18-13-9-11(17)6-7-14(13)19(15)12-5-3-4-10(16)8-12/h3-9H,2,17H2,1H3. The number of rotatable bonds is 2. The van der Waals surface area contributed by atoms with Crippen LogP contribution in [0.15, 0.2) is 46.9 Å². The van der Waals surface area contributed by atoms with E-state index >= 15 is 0 Å². The Morgan fingerprint density at radius 2 is 2.05 bits per heavy atom. The highest BCUT2D eigenvalue weighted by atomic mass is 79.9. The van der Waals surface area contributed by atoms with Gasteiger partial charge < -0.3 is 5.73 Å². The van der Waals surface area contributed by atoms with Gasteiger partial charge in [0.25, 0.3) is 0 Å². The molecule has 0 aliphatic heterocycles. The van der Waals surface area contributed by atoms with Crippen molar-refractivity contribution in [2.75, 3.05) is 5.73 Å². The Labute approximate surface area is 120 Å². The van der Waals surface area contributed by atoms with E-state index in [9.17, 15) is 0 Å². The van der Waals surface area contributed by atoms with Gasteiger partial charge in [0.2, 0.25) is 0 Å².